The summed E-state index contributed by atoms with van der Waals surface area (Å²) >= 11 is 0. The van der Waals surface area contributed by atoms with Crippen molar-refractivity contribution in [2.24, 2.45) is 0 Å². The Morgan fingerprint density at radius 3 is 2.53 bits per heavy atom. The lowest BCUT2D eigenvalue weighted by atomic mass is 10.1. The molecule has 102 valence electrons. The summed E-state index contributed by atoms with van der Waals surface area (Å²) in [5, 5.41) is 0. The smallest absolute Gasteiger partial charge is 0.209 e. The summed E-state index contributed by atoms with van der Waals surface area (Å²) in [4.78, 5) is 2.40. The number of allylic oxidation sites excluding steroid dienone is 2. The number of nitrogens with zero attached hydrogens (tertiary/aromatic N) is 2. The molecule has 0 amide bonds. The van der Waals surface area contributed by atoms with Crippen LogP contribution < -0.4 is 4.57 Å². The van der Waals surface area contributed by atoms with Crippen LogP contribution in [0.15, 0.2) is 48.9 Å². The second kappa shape index (κ2) is 7.78. The number of hydrogen-bond acceptors (Lipinski definition) is 1. The number of hydrogen-bond donors (Lipinski definition) is 0. The van der Waals surface area contributed by atoms with E-state index < -0.39 is 0 Å². The van der Waals surface area contributed by atoms with Gasteiger partial charge in [-0.25, -0.2) is 0 Å². The summed E-state index contributed by atoms with van der Waals surface area (Å²) in [7, 11) is 0. The molecule has 0 atom stereocenters. The van der Waals surface area contributed by atoms with Crippen LogP contribution in [0.5, 0.6) is 0 Å². The van der Waals surface area contributed by atoms with E-state index >= 15 is 0 Å². The molecule has 1 aromatic rings. The van der Waals surface area contributed by atoms with E-state index in [0.717, 1.165) is 6.54 Å². The maximum Gasteiger partial charge on any atom is 0.209 e. The van der Waals surface area contributed by atoms with Gasteiger partial charge in [0.25, 0.3) is 0 Å². The molecule has 19 heavy (non-hydrogen) atoms. The van der Waals surface area contributed by atoms with E-state index in [9.17, 15) is 0 Å². The minimum atomic E-state index is 1.03. The van der Waals surface area contributed by atoms with E-state index in [1.54, 1.807) is 0 Å². The van der Waals surface area contributed by atoms with Crippen LogP contribution in [0, 0.1) is 0 Å². The van der Waals surface area contributed by atoms with Gasteiger partial charge in [-0.15, -0.1) is 0 Å². The fourth-order valence-corrected chi connectivity index (χ4v) is 2.37. The first-order valence-electron chi connectivity index (χ1n) is 7.49. The Hall–Kier alpha value is -1.57. The fourth-order valence-electron chi connectivity index (χ4n) is 2.37. The van der Waals surface area contributed by atoms with Crippen LogP contribution in [-0.2, 0) is 0 Å². The molecule has 0 aromatic carbocycles. The molecule has 0 N–H and O–H groups in total. The molecule has 1 aliphatic heterocycles. The van der Waals surface area contributed by atoms with E-state index in [-0.39, 0.29) is 0 Å². The molecular formula is C17H25N2+. The van der Waals surface area contributed by atoms with Gasteiger partial charge >= 0.3 is 0 Å². The molecule has 0 radical (unpaired) electrons. The van der Waals surface area contributed by atoms with E-state index in [1.165, 1.54) is 44.3 Å². The van der Waals surface area contributed by atoms with Gasteiger partial charge in [0.15, 0.2) is 12.4 Å². The summed E-state index contributed by atoms with van der Waals surface area (Å²) in [6.07, 6.45) is 17.7. The van der Waals surface area contributed by atoms with E-state index in [1.807, 2.05) is 6.07 Å². The lowest BCUT2D eigenvalue weighted by Gasteiger charge is -2.20. The van der Waals surface area contributed by atoms with E-state index in [4.69, 9.17) is 0 Å². The van der Waals surface area contributed by atoms with Crippen molar-refractivity contribution in [3.8, 4) is 0 Å². The molecular weight excluding hydrogens is 232 g/mol. The predicted molar refractivity (Wildman–Crippen MR) is 80.4 cm³/mol. The SMILES string of the molecule is CCCCCCCN1C=CC([n+]2ccccc2)=CC1. The molecule has 0 fully saturated rings. The average Bonchev–Trinajstić information content (AvgIpc) is 2.49. The molecule has 0 unspecified atom stereocenters. The van der Waals surface area contributed by atoms with Crippen LogP contribution in [0.3, 0.4) is 0 Å². The number of aromatic nitrogens is 1. The highest BCUT2D eigenvalue weighted by molar-refractivity contribution is 5.48. The predicted octanol–water partition coefficient (Wildman–Crippen LogP) is 3.61. The Morgan fingerprint density at radius 2 is 1.84 bits per heavy atom. The third-order valence-electron chi connectivity index (χ3n) is 3.55. The van der Waals surface area contributed by atoms with Gasteiger partial charge in [0, 0.05) is 43.6 Å². The lowest BCUT2D eigenvalue weighted by molar-refractivity contribution is -0.578. The highest BCUT2D eigenvalue weighted by atomic mass is 15.1. The van der Waals surface area contributed by atoms with Crippen LogP contribution in [-0.4, -0.2) is 18.0 Å². The van der Waals surface area contributed by atoms with Gasteiger partial charge in [-0.3, -0.25) is 0 Å². The zero-order valence-electron chi connectivity index (χ0n) is 12.0. The minimum absolute atomic E-state index is 1.03. The first kappa shape index (κ1) is 13.9. The van der Waals surface area contributed by atoms with Crippen molar-refractivity contribution in [3.63, 3.8) is 0 Å². The fraction of sp³-hybridized carbons (Fsp3) is 0.471. The highest BCUT2D eigenvalue weighted by Gasteiger charge is 2.10. The Balaban J connectivity index is 1.73. The average molecular weight is 257 g/mol. The third-order valence-corrected chi connectivity index (χ3v) is 3.55. The van der Waals surface area contributed by atoms with Crippen molar-refractivity contribution in [2.75, 3.05) is 13.1 Å². The maximum absolute atomic E-state index is 2.40. The van der Waals surface area contributed by atoms with Crippen LogP contribution in [0.1, 0.15) is 39.0 Å². The zero-order chi connectivity index (χ0) is 13.3. The Bertz CT molecular complexity index is 420. The maximum atomic E-state index is 2.40. The number of unbranched alkanes of at least 4 members (excludes halogenated alkanes) is 4. The Kier molecular flexibility index (Phi) is 5.67. The topological polar surface area (TPSA) is 7.12 Å². The van der Waals surface area contributed by atoms with Gasteiger partial charge < -0.3 is 4.90 Å². The molecule has 1 aliphatic rings. The molecule has 2 heteroatoms. The van der Waals surface area contributed by atoms with Crippen molar-refractivity contribution < 1.29 is 4.57 Å². The van der Waals surface area contributed by atoms with Crippen molar-refractivity contribution >= 4 is 5.70 Å². The molecule has 0 spiro atoms. The van der Waals surface area contributed by atoms with E-state index in [2.05, 4.69) is 59.3 Å². The Morgan fingerprint density at radius 1 is 1.05 bits per heavy atom. The normalized spacial score (nSPS) is 14.6. The van der Waals surface area contributed by atoms with Gasteiger partial charge in [-0.1, -0.05) is 38.7 Å². The van der Waals surface area contributed by atoms with Crippen molar-refractivity contribution in [2.45, 2.75) is 39.0 Å². The van der Waals surface area contributed by atoms with Gasteiger partial charge in [0.05, 0.1) is 0 Å². The summed E-state index contributed by atoms with van der Waals surface area (Å²) in [5.41, 5.74) is 1.27. The molecule has 0 saturated heterocycles. The van der Waals surface area contributed by atoms with Crippen LogP contribution in [0.4, 0.5) is 0 Å². The molecule has 1 aromatic heterocycles. The summed E-state index contributed by atoms with van der Waals surface area (Å²) in [6.45, 7) is 4.48. The van der Waals surface area contributed by atoms with Crippen LogP contribution >= 0.6 is 0 Å². The van der Waals surface area contributed by atoms with Gasteiger partial charge in [-0.05, 0) is 6.42 Å². The lowest BCUT2D eigenvalue weighted by Crippen LogP contribution is -2.33. The monoisotopic (exact) mass is 257 g/mol. The van der Waals surface area contributed by atoms with Gasteiger partial charge in [-0.2, -0.15) is 4.57 Å². The molecule has 2 heterocycles. The minimum Gasteiger partial charge on any atom is -0.373 e. The molecule has 0 saturated carbocycles. The molecule has 2 rings (SSSR count). The summed E-state index contributed by atoms with van der Waals surface area (Å²) in [6, 6.07) is 6.18. The van der Waals surface area contributed by atoms with Crippen LogP contribution in [0.25, 0.3) is 5.70 Å². The van der Waals surface area contributed by atoms with Crippen LogP contribution in [0.2, 0.25) is 0 Å². The second-order valence-corrected chi connectivity index (χ2v) is 5.14. The first-order valence-corrected chi connectivity index (χ1v) is 7.49. The zero-order valence-corrected chi connectivity index (χ0v) is 12.0. The third kappa shape index (κ3) is 4.55. The van der Waals surface area contributed by atoms with E-state index in [0.29, 0.717) is 0 Å². The standard InChI is InChI=1S/C17H25N2/c1-2-3-4-5-7-12-18-15-10-17(11-16-18)19-13-8-6-9-14-19/h6,8-11,13-15H,2-5,7,12,16H2,1H3/q+1. The second-order valence-electron chi connectivity index (χ2n) is 5.14. The molecule has 0 bridgehead atoms. The molecule has 2 nitrogen and oxygen atoms in total. The van der Waals surface area contributed by atoms with Gasteiger partial charge in [0.1, 0.15) is 0 Å². The summed E-state index contributed by atoms with van der Waals surface area (Å²) < 4.78 is 2.16. The highest BCUT2D eigenvalue weighted by Crippen LogP contribution is 2.09. The number of rotatable bonds is 7. The van der Waals surface area contributed by atoms with Crippen molar-refractivity contribution in [3.05, 3.63) is 48.9 Å². The number of pyridine rings is 1. The Labute approximate surface area is 117 Å². The largest absolute Gasteiger partial charge is 0.373 e. The van der Waals surface area contributed by atoms with Gasteiger partial charge in [0.2, 0.25) is 5.70 Å². The quantitative estimate of drug-likeness (QED) is 0.534. The molecule has 0 aliphatic carbocycles. The summed E-state index contributed by atoms with van der Waals surface area (Å²) in [5.74, 6) is 0. The van der Waals surface area contributed by atoms with Crippen molar-refractivity contribution in [1.29, 1.82) is 0 Å². The van der Waals surface area contributed by atoms with Crippen molar-refractivity contribution in [1.82, 2.24) is 4.90 Å². The first-order chi connectivity index (χ1) is 9.40.